The summed E-state index contributed by atoms with van der Waals surface area (Å²) in [6.07, 6.45) is 2.29. The SMILES string of the molecule is COc1ccc(NCc2cccc3c2NCCC3)cc1F. The highest BCUT2D eigenvalue weighted by atomic mass is 19.1. The predicted octanol–water partition coefficient (Wildman–Crippen LogP) is 3.80. The highest BCUT2D eigenvalue weighted by molar-refractivity contribution is 5.60. The van der Waals surface area contributed by atoms with Crippen LogP contribution in [-0.4, -0.2) is 13.7 Å². The molecule has 0 amide bonds. The van der Waals surface area contributed by atoms with E-state index < -0.39 is 0 Å². The third-order valence-electron chi connectivity index (χ3n) is 3.80. The summed E-state index contributed by atoms with van der Waals surface area (Å²) in [6.45, 7) is 1.68. The van der Waals surface area contributed by atoms with Crippen LogP contribution in [0, 0.1) is 5.82 Å². The number of hydrogen-bond acceptors (Lipinski definition) is 3. The summed E-state index contributed by atoms with van der Waals surface area (Å²) >= 11 is 0. The summed E-state index contributed by atoms with van der Waals surface area (Å²) in [4.78, 5) is 0. The molecule has 1 heterocycles. The number of nitrogens with one attached hydrogen (secondary N) is 2. The van der Waals surface area contributed by atoms with Crippen molar-refractivity contribution in [2.75, 3.05) is 24.3 Å². The molecule has 2 aromatic carbocycles. The molecule has 110 valence electrons. The Kier molecular flexibility index (Phi) is 3.95. The van der Waals surface area contributed by atoms with Crippen molar-refractivity contribution in [3.63, 3.8) is 0 Å². The van der Waals surface area contributed by atoms with Crippen molar-refractivity contribution in [1.82, 2.24) is 0 Å². The molecule has 3 nitrogen and oxygen atoms in total. The lowest BCUT2D eigenvalue weighted by molar-refractivity contribution is 0.386. The summed E-state index contributed by atoms with van der Waals surface area (Å²) in [5, 5.41) is 6.73. The van der Waals surface area contributed by atoms with E-state index in [1.807, 2.05) is 6.07 Å². The van der Waals surface area contributed by atoms with Crippen molar-refractivity contribution in [3.05, 3.63) is 53.3 Å². The number of aryl methyl sites for hydroxylation is 1. The second kappa shape index (κ2) is 6.04. The van der Waals surface area contributed by atoms with Crippen molar-refractivity contribution >= 4 is 11.4 Å². The molecule has 0 fully saturated rings. The molecule has 0 spiro atoms. The van der Waals surface area contributed by atoms with E-state index in [1.165, 1.54) is 36.4 Å². The minimum atomic E-state index is -0.351. The number of halogens is 1. The number of hydrogen-bond donors (Lipinski definition) is 2. The first-order chi connectivity index (χ1) is 10.3. The first-order valence-electron chi connectivity index (χ1n) is 7.20. The van der Waals surface area contributed by atoms with E-state index in [-0.39, 0.29) is 11.6 Å². The van der Waals surface area contributed by atoms with E-state index in [0.29, 0.717) is 6.54 Å². The molecule has 0 saturated heterocycles. The third kappa shape index (κ3) is 2.94. The molecule has 1 aliphatic heterocycles. The Bertz CT molecular complexity index is 643. The first kappa shape index (κ1) is 13.7. The van der Waals surface area contributed by atoms with Gasteiger partial charge >= 0.3 is 0 Å². The maximum absolute atomic E-state index is 13.7. The number of ether oxygens (including phenoxy) is 1. The standard InChI is InChI=1S/C17H19FN2O/c1-21-16-8-7-14(10-15(16)18)20-11-13-5-2-4-12-6-3-9-19-17(12)13/h2,4-5,7-8,10,19-20H,3,6,9,11H2,1H3. The largest absolute Gasteiger partial charge is 0.494 e. The van der Waals surface area contributed by atoms with Crippen molar-refractivity contribution in [1.29, 1.82) is 0 Å². The molecule has 0 aliphatic carbocycles. The van der Waals surface area contributed by atoms with Gasteiger partial charge in [-0.2, -0.15) is 0 Å². The summed E-state index contributed by atoms with van der Waals surface area (Å²) in [5.74, 6) is -0.0879. The van der Waals surface area contributed by atoms with E-state index in [9.17, 15) is 4.39 Å². The van der Waals surface area contributed by atoms with Gasteiger partial charge in [-0.3, -0.25) is 0 Å². The fourth-order valence-corrected chi connectivity index (χ4v) is 2.70. The second-order valence-corrected chi connectivity index (χ2v) is 5.18. The van der Waals surface area contributed by atoms with Gasteiger partial charge in [0.2, 0.25) is 0 Å². The number of rotatable bonds is 4. The van der Waals surface area contributed by atoms with Gasteiger partial charge in [0.25, 0.3) is 0 Å². The van der Waals surface area contributed by atoms with Gasteiger partial charge in [0.05, 0.1) is 7.11 Å². The van der Waals surface area contributed by atoms with Crippen LogP contribution in [0.3, 0.4) is 0 Å². The lowest BCUT2D eigenvalue weighted by Crippen LogP contribution is -2.15. The minimum absolute atomic E-state index is 0.263. The topological polar surface area (TPSA) is 33.3 Å². The minimum Gasteiger partial charge on any atom is -0.494 e. The monoisotopic (exact) mass is 286 g/mol. The van der Waals surface area contributed by atoms with E-state index in [1.54, 1.807) is 6.07 Å². The van der Waals surface area contributed by atoms with Crippen LogP contribution in [0.2, 0.25) is 0 Å². The van der Waals surface area contributed by atoms with Crippen LogP contribution in [0.4, 0.5) is 15.8 Å². The first-order valence-corrected chi connectivity index (χ1v) is 7.20. The van der Waals surface area contributed by atoms with Gasteiger partial charge in [0.1, 0.15) is 0 Å². The van der Waals surface area contributed by atoms with Crippen LogP contribution < -0.4 is 15.4 Å². The Labute approximate surface area is 124 Å². The van der Waals surface area contributed by atoms with E-state index in [0.717, 1.165) is 18.7 Å². The summed E-state index contributed by atoms with van der Waals surface area (Å²) in [5.41, 5.74) is 4.55. The quantitative estimate of drug-likeness (QED) is 0.897. The Balaban J connectivity index is 1.75. The maximum Gasteiger partial charge on any atom is 0.167 e. The number of fused-ring (bicyclic) bond motifs is 1. The molecule has 1 aliphatic rings. The lowest BCUT2D eigenvalue weighted by Gasteiger charge is -2.21. The van der Waals surface area contributed by atoms with Crippen LogP contribution in [-0.2, 0) is 13.0 Å². The molecular formula is C17H19FN2O. The van der Waals surface area contributed by atoms with Crippen LogP contribution in [0.15, 0.2) is 36.4 Å². The predicted molar refractivity (Wildman–Crippen MR) is 83.5 cm³/mol. The molecule has 21 heavy (non-hydrogen) atoms. The van der Waals surface area contributed by atoms with Crippen molar-refractivity contribution in [3.8, 4) is 5.75 Å². The van der Waals surface area contributed by atoms with E-state index >= 15 is 0 Å². The fourth-order valence-electron chi connectivity index (χ4n) is 2.70. The van der Waals surface area contributed by atoms with Crippen LogP contribution in [0.1, 0.15) is 17.5 Å². The van der Waals surface area contributed by atoms with Crippen LogP contribution in [0.25, 0.3) is 0 Å². The van der Waals surface area contributed by atoms with Gasteiger partial charge in [-0.25, -0.2) is 4.39 Å². The van der Waals surface area contributed by atoms with Gasteiger partial charge in [0, 0.05) is 30.5 Å². The van der Waals surface area contributed by atoms with Gasteiger partial charge < -0.3 is 15.4 Å². The maximum atomic E-state index is 13.7. The number of methoxy groups -OCH3 is 1. The fraction of sp³-hybridized carbons (Fsp3) is 0.294. The van der Waals surface area contributed by atoms with Crippen LogP contribution >= 0.6 is 0 Å². The number of benzene rings is 2. The van der Waals surface area contributed by atoms with Gasteiger partial charge in [-0.15, -0.1) is 0 Å². The average molecular weight is 286 g/mol. The Hall–Kier alpha value is -2.23. The Morgan fingerprint density at radius 3 is 3.00 bits per heavy atom. The van der Waals surface area contributed by atoms with Crippen LogP contribution in [0.5, 0.6) is 5.75 Å². The van der Waals surface area contributed by atoms with E-state index in [4.69, 9.17) is 4.74 Å². The summed E-state index contributed by atoms with van der Waals surface area (Å²) < 4.78 is 18.6. The zero-order valence-electron chi connectivity index (χ0n) is 12.1. The van der Waals surface area contributed by atoms with Crippen molar-refractivity contribution < 1.29 is 9.13 Å². The number of anilines is 2. The molecule has 0 bridgehead atoms. The highest BCUT2D eigenvalue weighted by Gasteiger charge is 2.12. The molecular weight excluding hydrogens is 267 g/mol. The third-order valence-corrected chi connectivity index (χ3v) is 3.80. The second-order valence-electron chi connectivity index (χ2n) is 5.18. The summed E-state index contributed by atoms with van der Waals surface area (Å²) in [7, 11) is 1.47. The molecule has 0 saturated carbocycles. The average Bonchev–Trinajstić information content (AvgIpc) is 2.53. The molecule has 0 radical (unpaired) electrons. The summed E-state index contributed by atoms with van der Waals surface area (Å²) in [6, 6.07) is 11.3. The molecule has 2 N–H and O–H groups in total. The molecule has 0 aromatic heterocycles. The van der Waals surface area contributed by atoms with Gasteiger partial charge in [-0.05, 0) is 36.1 Å². The number of para-hydroxylation sites is 1. The lowest BCUT2D eigenvalue weighted by atomic mass is 9.99. The van der Waals surface area contributed by atoms with Gasteiger partial charge in [-0.1, -0.05) is 18.2 Å². The normalized spacial score (nSPS) is 13.2. The van der Waals surface area contributed by atoms with Gasteiger partial charge in [0.15, 0.2) is 11.6 Å². The zero-order chi connectivity index (χ0) is 14.7. The smallest absolute Gasteiger partial charge is 0.167 e. The van der Waals surface area contributed by atoms with Crippen molar-refractivity contribution in [2.24, 2.45) is 0 Å². The molecule has 0 unspecified atom stereocenters. The highest BCUT2D eigenvalue weighted by Crippen LogP contribution is 2.27. The molecule has 0 atom stereocenters. The molecule has 2 aromatic rings. The van der Waals surface area contributed by atoms with Crippen molar-refractivity contribution in [2.45, 2.75) is 19.4 Å². The Morgan fingerprint density at radius 2 is 2.19 bits per heavy atom. The zero-order valence-corrected chi connectivity index (χ0v) is 12.1. The Morgan fingerprint density at radius 1 is 1.29 bits per heavy atom. The molecule has 4 heteroatoms. The van der Waals surface area contributed by atoms with E-state index in [2.05, 4.69) is 28.8 Å². The molecule has 3 rings (SSSR count).